The van der Waals surface area contributed by atoms with Crippen molar-refractivity contribution in [1.29, 1.82) is 0 Å². The summed E-state index contributed by atoms with van der Waals surface area (Å²) in [5, 5.41) is 3.28. The summed E-state index contributed by atoms with van der Waals surface area (Å²) in [5.74, 6) is 0.865. The Morgan fingerprint density at radius 3 is 2.79 bits per heavy atom. The van der Waals surface area contributed by atoms with E-state index in [-0.39, 0.29) is 6.10 Å². The molecule has 0 fully saturated rings. The lowest BCUT2D eigenvalue weighted by atomic mass is 9.92. The van der Waals surface area contributed by atoms with E-state index in [4.69, 9.17) is 15.5 Å². The van der Waals surface area contributed by atoms with Crippen molar-refractivity contribution in [3.05, 3.63) is 58.9 Å². The number of pyridine rings is 1. The summed E-state index contributed by atoms with van der Waals surface area (Å²) in [5.41, 5.74) is 11.0. The SMILES string of the molecule is CC(=NC1=C(C)CCc2cnccc21)Nc1cc(C(N)=O)ccc1OC(C)C. The molecule has 0 bridgehead atoms. The van der Waals surface area contributed by atoms with Crippen LogP contribution < -0.4 is 15.8 Å². The second-order valence-corrected chi connectivity index (χ2v) is 7.23. The molecule has 1 aliphatic carbocycles. The molecule has 6 heteroatoms. The quantitative estimate of drug-likeness (QED) is 0.603. The molecule has 1 aromatic heterocycles. The molecule has 146 valence electrons. The van der Waals surface area contributed by atoms with Gasteiger partial charge in [0.05, 0.1) is 17.5 Å². The molecule has 0 radical (unpaired) electrons. The molecule has 1 aromatic carbocycles. The van der Waals surface area contributed by atoms with Gasteiger partial charge < -0.3 is 15.8 Å². The third-order valence-electron chi connectivity index (χ3n) is 4.55. The van der Waals surface area contributed by atoms with Crippen LogP contribution >= 0.6 is 0 Å². The molecule has 0 atom stereocenters. The number of hydrogen-bond donors (Lipinski definition) is 2. The Labute approximate surface area is 165 Å². The van der Waals surface area contributed by atoms with Crippen molar-refractivity contribution in [2.75, 3.05) is 5.32 Å². The molecule has 0 spiro atoms. The number of nitrogens with one attached hydrogen (secondary N) is 1. The minimum Gasteiger partial charge on any atom is -0.489 e. The number of aliphatic imine (C=N–C) groups is 1. The van der Waals surface area contributed by atoms with E-state index < -0.39 is 5.91 Å². The number of allylic oxidation sites excluding steroid dienone is 1. The molecule has 2 aromatic rings. The van der Waals surface area contributed by atoms with E-state index in [9.17, 15) is 4.79 Å². The minimum atomic E-state index is -0.485. The van der Waals surface area contributed by atoms with E-state index in [1.54, 1.807) is 24.4 Å². The van der Waals surface area contributed by atoms with Crippen LogP contribution in [-0.2, 0) is 6.42 Å². The van der Waals surface area contributed by atoms with Gasteiger partial charge in [-0.15, -0.1) is 0 Å². The molecule has 3 N–H and O–H groups in total. The van der Waals surface area contributed by atoms with Crippen LogP contribution in [0.25, 0.3) is 5.70 Å². The Morgan fingerprint density at radius 2 is 2.07 bits per heavy atom. The van der Waals surface area contributed by atoms with Crippen LogP contribution in [0.3, 0.4) is 0 Å². The zero-order chi connectivity index (χ0) is 20.3. The van der Waals surface area contributed by atoms with E-state index >= 15 is 0 Å². The Balaban J connectivity index is 1.95. The van der Waals surface area contributed by atoms with Gasteiger partial charge in [0.15, 0.2) is 0 Å². The largest absolute Gasteiger partial charge is 0.489 e. The number of aromatic nitrogens is 1. The Kier molecular flexibility index (Phi) is 5.78. The number of amidine groups is 1. The molecular weight excluding hydrogens is 352 g/mol. The molecule has 1 aliphatic rings. The highest BCUT2D eigenvalue weighted by Gasteiger charge is 2.17. The van der Waals surface area contributed by atoms with Crippen molar-refractivity contribution < 1.29 is 9.53 Å². The number of carbonyl (C=O) groups excluding carboxylic acids is 1. The number of rotatable bonds is 5. The van der Waals surface area contributed by atoms with Gasteiger partial charge in [-0.05, 0) is 75.9 Å². The Bertz CT molecular complexity index is 961. The summed E-state index contributed by atoms with van der Waals surface area (Å²) < 4.78 is 5.86. The average molecular weight is 378 g/mol. The van der Waals surface area contributed by atoms with Crippen molar-refractivity contribution >= 4 is 23.1 Å². The Hall–Kier alpha value is -3.15. The predicted octanol–water partition coefficient (Wildman–Crippen LogP) is 4.18. The molecule has 0 unspecified atom stereocenters. The molecule has 1 heterocycles. The number of primary amides is 1. The van der Waals surface area contributed by atoms with E-state index in [1.807, 2.05) is 33.0 Å². The number of ether oxygens (including phenoxy) is 1. The number of benzene rings is 1. The van der Waals surface area contributed by atoms with Crippen LogP contribution in [0, 0.1) is 0 Å². The number of nitrogens with zero attached hydrogens (tertiary/aromatic N) is 2. The molecule has 0 saturated carbocycles. The van der Waals surface area contributed by atoms with Crippen molar-refractivity contribution in [2.45, 2.75) is 46.6 Å². The number of hydrogen-bond acceptors (Lipinski definition) is 4. The van der Waals surface area contributed by atoms with E-state index in [0.717, 1.165) is 24.1 Å². The number of fused-ring (bicyclic) bond motifs is 1. The fourth-order valence-corrected chi connectivity index (χ4v) is 3.21. The first-order valence-corrected chi connectivity index (χ1v) is 9.41. The summed E-state index contributed by atoms with van der Waals surface area (Å²) in [7, 11) is 0. The summed E-state index contributed by atoms with van der Waals surface area (Å²) in [6.07, 6.45) is 5.64. The summed E-state index contributed by atoms with van der Waals surface area (Å²) in [4.78, 5) is 20.6. The fourth-order valence-electron chi connectivity index (χ4n) is 3.21. The minimum absolute atomic E-state index is 0.0000952. The second-order valence-electron chi connectivity index (χ2n) is 7.23. The second kappa shape index (κ2) is 8.25. The zero-order valence-corrected chi connectivity index (χ0v) is 16.7. The van der Waals surface area contributed by atoms with Crippen molar-refractivity contribution in [3.63, 3.8) is 0 Å². The zero-order valence-electron chi connectivity index (χ0n) is 16.7. The maximum Gasteiger partial charge on any atom is 0.248 e. The highest BCUT2D eigenvalue weighted by molar-refractivity contribution is 6.00. The van der Waals surface area contributed by atoms with Gasteiger partial charge in [-0.2, -0.15) is 0 Å². The molecule has 3 rings (SSSR count). The highest BCUT2D eigenvalue weighted by atomic mass is 16.5. The summed E-state index contributed by atoms with van der Waals surface area (Å²) in [6.45, 7) is 7.91. The third kappa shape index (κ3) is 4.39. The number of carbonyl (C=O) groups is 1. The van der Waals surface area contributed by atoms with E-state index in [0.29, 0.717) is 22.8 Å². The maximum atomic E-state index is 11.6. The number of nitrogens with two attached hydrogens (primary N) is 1. The predicted molar refractivity (Wildman–Crippen MR) is 113 cm³/mol. The van der Waals surface area contributed by atoms with E-state index in [2.05, 4.69) is 17.2 Å². The average Bonchev–Trinajstić information content (AvgIpc) is 2.65. The number of amides is 1. The first-order chi connectivity index (χ1) is 13.3. The van der Waals surface area contributed by atoms with Crippen LogP contribution in [0.2, 0.25) is 0 Å². The molecule has 0 saturated heterocycles. The van der Waals surface area contributed by atoms with E-state index in [1.165, 1.54) is 11.1 Å². The monoisotopic (exact) mass is 378 g/mol. The standard InChI is InChI=1S/C22H26N4O2/c1-13(2)28-20-8-7-16(22(23)27)11-19(20)25-15(4)26-21-14(3)5-6-17-12-24-10-9-18(17)21/h7-13H,5-6H2,1-4H3,(H2,23,27)(H,25,26). The Morgan fingerprint density at radius 1 is 1.29 bits per heavy atom. The first kappa shape index (κ1) is 19.6. The van der Waals surface area contributed by atoms with Crippen molar-refractivity contribution in [1.82, 2.24) is 4.98 Å². The van der Waals surface area contributed by atoms with Crippen LogP contribution in [0.5, 0.6) is 5.75 Å². The van der Waals surface area contributed by atoms with Gasteiger partial charge in [-0.3, -0.25) is 9.78 Å². The van der Waals surface area contributed by atoms with Gasteiger partial charge in [0.1, 0.15) is 11.6 Å². The van der Waals surface area contributed by atoms with Gasteiger partial charge >= 0.3 is 0 Å². The molecule has 1 amide bonds. The smallest absolute Gasteiger partial charge is 0.248 e. The van der Waals surface area contributed by atoms with Gasteiger partial charge in [0, 0.05) is 23.5 Å². The van der Waals surface area contributed by atoms with Crippen LogP contribution in [0.1, 0.15) is 55.6 Å². The lowest BCUT2D eigenvalue weighted by Crippen LogP contribution is -2.15. The van der Waals surface area contributed by atoms with Crippen LogP contribution in [0.15, 0.2) is 47.2 Å². The fraction of sp³-hybridized carbons (Fsp3) is 0.318. The lowest BCUT2D eigenvalue weighted by Gasteiger charge is -2.20. The summed E-state index contributed by atoms with van der Waals surface area (Å²) in [6, 6.07) is 7.11. The number of anilines is 1. The molecule has 0 aliphatic heterocycles. The first-order valence-electron chi connectivity index (χ1n) is 9.41. The number of aryl methyl sites for hydroxylation is 1. The van der Waals surface area contributed by atoms with Gasteiger partial charge in [0.25, 0.3) is 0 Å². The van der Waals surface area contributed by atoms with Crippen LogP contribution in [0.4, 0.5) is 5.69 Å². The lowest BCUT2D eigenvalue weighted by molar-refractivity contribution is 0.100. The molecule has 28 heavy (non-hydrogen) atoms. The molecule has 6 nitrogen and oxygen atoms in total. The van der Waals surface area contributed by atoms with Gasteiger partial charge in [0.2, 0.25) is 5.91 Å². The van der Waals surface area contributed by atoms with Gasteiger partial charge in [-0.25, -0.2) is 4.99 Å². The van der Waals surface area contributed by atoms with Crippen molar-refractivity contribution in [2.24, 2.45) is 10.7 Å². The summed E-state index contributed by atoms with van der Waals surface area (Å²) >= 11 is 0. The molecular formula is C22H26N4O2. The van der Waals surface area contributed by atoms with Crippen molar-refractivity contribution in [3.8, 4) is 5.75 Å². The van der Waals surface area contributed by atoms with Crippen LogP contribution in [-0.4, -0.2) is 22.8 Å². The maximum absolute atomic E-state index is 11.6. The highest BCUT2D eigenvalue weighted by Crippen LogP contribution is 2.32. The third-order valence-corrected chi connectivity index (χ3v) is 4.55. The topological polar surface area (TPSA) is 89.6 Å². The normalized spacial score (nSPS) is 14.1. The van der Waals surface area contributed by atoms with Gasteiger partial charge in [-0.1, -0.05) is 0 Å².